The van der Waals surface area contributed by atoms with E-state index < -0.39 is 18.3 Å². The highest BCUT2D eigenvalue weighted by atomic mass is 19.3. The van der Waals surface area contributed by atoms with Crippen molar-refractivity contribution < 1.29 is 27.1 Å². The number of nitrogens with zero attached hydrogens (tertiary/aromatic N) is 3. The molecule has 0 spiro atoms. The van der Waals surface area contributed by atoms with Gasteiger partial charge in [0.05, 0.1) is 11.9 Å². The molecule has 0 amide bonds. The Kier molecular flexibility index (Phi) is 14.4. The van der Waals surface area contributed by atoms with Gasteiger partial charge >= 0.3 is 12.5 Å². The number of ketones is 1. The Hall–Kier alpha value is -3.95. The first kappa shape index (κ1) is 34.1. The maximum absolute atomic E-state index is 13.2. The lowest BCUT2D eigenvalue weighted by molar-refractivity contribution is -0.253. The van der Waals surface area contributed by atoms with E-state index in [1.54, 1.807) is 41.1 Å². The summed E-state index contributed by atoms with van der Waals surface area (Å²) in [7, 11) is 0. The number of hydrogen-bond acceptors (Lipinski definition) is 5. The smallest absolute Gasteiger partial charge is 0.428 e. The molecule has 4 aromatic rings. The van der Waals surface area contributed by atoms with Crippen LogP contribution in [0, 0.1) is 0 Å². The fourth-order valence-corrected chi connectivity index (χ4v) is 3.42. The third kappa shape index (κ3) is 8.79. The molecule has 6 nitrogen and oxygen atoms in total. The summed E-state index contributed by atoms with van der Waals surface area (Å²) in [5.74, 6) is -0.0636. The number of hydrogen-bond donors (Lipinski definition) is 1. The van der Waals surface area contributed by atoms with Gasteiger partial charge < -0.3 is 10.1 Å². The zero-order valence-electron chi connectivity index (χ0n) is 24.0. The van der Waals surface area contributed by atoms with Crippen LogP contribution in [0.15, 0.2) is 67.1 Å². The van der Waals surface area contributed by atoms with Gasteiger partial charge in [-0.3, -0.25) is 9.20 Å². The summed E-state index contributed by atoms with van der Waals surface area (Å²) in [6.07, 6.45) is -2.50. The van der Waals surface area contributed by atoms with Crippen LogP contribution in [-0.2, 0) is 0 Å². The van der Waals surface area contributed by atoms with Crippen molar-refractivity contribution in [3.63, 3.8) is 0 Å². The first-order valence-electron chi connectivity index (χ1n) is 13.5. The van der Waals surface area contributed by atoms with Gasteiger partial charge in [-0.2, -0.15) is 17.6 Å². The number of halogens is 4. The van der Waals surface area contributed by atoms with Crippen LogP contribution < -0.4 is 10.1 Å². The maximum atomic E-state index is 13.2. The Bertz CT molecular complexity index is 1330. The van der Waals surface area contributed by atoms with Crippen molar-refractivity contribution in [1.29, 1.82) is 0 Å². The molecular formula is C30H38F4N4O2. The highest BCUT2D eigenvalue weighted by Gasteiger charge is 2.44. The number of imidazole rings is 1. The van der Waals surface area contributed by atoms with E-state index in [2.05, 4.69) is 20.0 Å². The van der Waals surface area contributed by atoms with Gasteiger partial charge in [-0.1, -0.05) is 72.7 Å². The lowest BCUT2D eigenvalue weighted by Crippen LogP contribution is -2.33. The molecule has 2 aromatic carbocycles. The number of benzene rings is 2. The second-order valence-electron chi connectivity index (χ2n) is 7.48. The summed E-state index contributed by atoms with van der Waals surface area (Å²) in [4.78, 5) is 21.0. The molecule has 10 heteroatoms. The summed E-state index contributed by atoms with van der Waals surface area (Å²) in [6, 6.07) is 12.5. The highest BCUT2D eigenvalue weighted by Crippen LogP contribution is 2.31. The molecule has 40 heavy (non-hydrogen) atoms. The number of nitrogens with one attached hydrogen (secondary N) is 1. The predicted molar refractivity (Wildman–Crippen MR) is 153 cm³/mol. The predicted octanol–water partition coefficient (Wildman–Crippen LogP) is 9.44. The highest BCUT2D eigenvalue weighted by molar-refractivity contribution is 5.97. The second-order valence-corrected chi connectivity index (χ2v) is 7.48. The summed E-state index contributed by atoms with van der Waals surface area (Å²) >= 11 is 0. The zero-order chi connectivity index (χ0) is 30.3. The number of Topliss-reactive ketones (excluding diaryl/α,β-unsaturated/α-hetero) is 1. The molecule has 0 radical (unpaired) electrons. The maximum Gasteiger partial charge on any atom is 0.461 e. The van der Waals surface area contributed by atoms with Crippen LogP contribution in [-0.4, -0.2) is 32.7 Å². The van der Waals surface area contributed by atoms with Crippen LogP contribution in [0.3, 0.4) is 0 Å². The van der Waals surface area contributed by atoms with Gasteiger partial charge in [0.1, 0.15) is 5.75 Å². The molecule has 4 rings (SSSR count). The van der Waals surface area contributed by atoms with Crippen LogP contribution >= 0.6 is 0 Å². The monoisotopic (exact) mass is 562 g/mol. The second kappa shape index (κ2) is 16.9. The minimum atomic E-state index is -4.61. The van der Waals surface area contributed by atoms with Crippen molar-refractivity contribution in [3.8, 4) is 17.0 Å². The van der Waals surface area contributed by atoms with Crippen LogP contribution in [0.2, 0.25) is 0 Å². The number of carbonyl (C=O) groups excluding carboxylic acids is 1. The third-order valence-corrected chi connectivity index (χ3v) is 4.99. The van der Waals surface area contributed by atoms with E-state index >= 15 is 0 Å². The van der Waals surface area contributed by atoms with E-state index in [0.717, 1.165) is 29.8 Å². The summed E-state index contributed by atoms with van der Waals surface area (Å²) < 4.78 is 57.3. The van der Waals surface area contributed by atoms with Gasteiger partial charge in [0.2, 0.25) is 0 Å². The van der Waals surface area contributed by atoms with Gasteiger partial charge in [0, 0.05) is 41.7 Å². The molecule has 0 saturated heterocycles. The van der Waals surface area contributed by atoms with E-state index in [0.29, 0.717) is 29.1 Å². The molecule has 1 N–H and O–H groups in total. The largest absolute Gasteiger partial charge is 0.461 e. The minimum absolute atomic E-state index is 0.0571. The summed E-state index contributed by atoms with van der Waals surface area (Å²) in [5, 5.41) is 2.95. The van der Waals surface area contributed by atoms with Crippen LogP contribution in [0.25, 0.3) is 16.9 Å². The number of ether oxygens (including phenoxy) is 1. The van der Waals surface area contributed by atoms with Crippen LogP contribution in [0.1, 0.15) is 71.7 Å². The van der Waals surface area contributed by atoms with Crippen LogP contribution in [0.4, 0.5) is 29.1 Å². The van der Waals surface area contributed by atoms with Crippen molar-refractivity contribution in [2.75, 3.05) is 5.32 Å². The lowest BCUT2D eigenvalue weighted by Gasteiger charge is -2.17. The van der Waals surface area contributed by atoms with E-state index in [9.17, 15) is 22.4 Å². The number of rotatable bonds is 9. The fraction of sp³-hybridized carbons (Fsp3) is 0.367. The number of fused-ring (bicyclic) bond motifs is 1. The average Bonchev–Trinajstić information content (AvgIpc) is 3.42. The Morgan fingerprint density at radius 1 is 1.00 bits per heavy atom. The molecule has 0 bridgehead atoms. The molecule has 0 unspecified atom stereocenters. The SMILES string of the molecule is CC.CC.CC.CCCC(=O)c1cccc(-c2cnc3c(Nc4cccc(OC(F)(F)C(F)F)c4)nccn23)c1. The Morgan fingerprint density at radius 3 is 2.33 bits per heavy atom. The molecule has 0 atom stereocenters. The first-order valence-corrected chi connectivity index (χ1v) is 13.5. The number of carbonyl (C=O) groups is 1. The normalized spacial score (nSPS) is 10.4. The molecule has 2 aromatic heterocycles. The molecule has 0 aliphatic rings. The molecule has 0 aliphatic carbocycles. The van der Waals surface area contributed by atoms with Crippen LogP contribution in [0.5, 0.6) is 5.75 Å². The van der Waals surface area contributed by atoms with Gasteiger partial charge in [-0.05, 0) is 24.6 Å². The number of aromatic nitrogens is 3. The van der Waals surface area contributed by atoms with Crippen molar-refractivity contribution >= 4 is 22.9 Å². The van der Waals surface area contributed by atoms with E-state index in [4.69, 9.17) is 0 Å². The molecule has 0 saturated carbocycles. The van der Waals surface area contributed by atoms with E-state index in [1.165, 1.54) is 12.3 Å². The molecule has 0 aliphatic heterocycles. The Balaban J connectivity index is 0.00000125. The van der Waals surface area contributed by atoms with Gasteiger partial charge in [-0.15, -0.1) is 0 Å². The third-order valence-electron chi connectivity index (χ3n) is 4.99. The van der Waals surface area contributed by atoms with Crippen molar-refractivity contribution in [2.45, 2.75) is 73.8 Å². The molecule has 218 valence electrons. The van der Waals surface area contributed by atoms with E-state index in [-0.39, 0.29) is 5.78 Å². The van der Waals surface area contributed by atoms with Crippen molar-refractivity contribution in [3.05, 3.63) is 72.7 Å². The summed E-state index contributed by atoms with van der Waals surface area (Å²) in [5.41, 5.74) is 2.85. The molecular weight excluding hydrogens is 524 g/mol. The topological polar surface area (TPSA) is 68.5 Å². The molecule has 2 heterocycles. The number of alkyl halides is 4. The van der Waals surface area contributed by atoms with Gasteiger partial charge in [0.25, 0.3) is 0 Å². The van der Waals surface area contributed by atoms with Gasteiger partial charge in [-0.25, -0.2) is 9.97 Å². The quantitative estimate of drug-likeness (QED) is 0.163. The Labute approximate surface area is 233 Å². The fourth-order valence-electron chi connectivity index (χ4n) is 3.42. The standard InChI is InChI=1S/C24H20F4N4O2.3C2H6/c1-2-5-20(33)16-7-3-6-15(12-16)19-14-30-22-21(29-10-11-32(19)22)31-17-8-4-9-18(13-17)34-24(27,28)23(25)26;3*1-2/h3-4,6-14,23H,2,5H2,1H3,(H,29,31);3*1-2H3. The van der Waals surface area contributed by atoms with Gasteiger partial charge in [0.15, 0.2) is 17.2 Å². The lowest BCUT2D eigenvalue weighted by atomic mass is 10.0. The van der Waals surface area contributed by atoms with Crippen molar-refractivity contribution in [2.24, 2.45) is 0 Å². The minimum Gasteiger partial charge on any atom is -0.428 e. The molecule has 0 fully saturated rings. The summed E-state index contributed by atoms with van der Waals surface area (Å²) in [6.45, 7) is 13.9. The average molecular weight is 563 g/mol. The van der Waals surface area contributed by atoms with Crippen molar-refractivity contribution in [1.82, 2.24) is 14.4 Å². The first-order chi connectivity index (χ1) is 19.3. The zero-order valence-corrected chi connectivity index (χ0v) is 24.0. The number of anilines is 2. The van der Waals surface area contributed by atoms with E-state index in [1.807, 2.05) is 54.5 Å². The Morgan fingerprint density at radius 2 is 1.68 bits per heavy atom.